The Kier molecular flexibility index (Phi) is 8.16. The Bertz CT molecular complexity index is 908. The summed E-state index contributed by atoms with van der Waals surface area (Å²) in [6.07, 6.45) is 2.92. The van der Waals surface area contributed by atoms with Gasteiger partial charge in [0.1, 0.15) is 11.5 Å². The van der Waals surface area contributed by atoms with Crippen LogP contribution in [0.25, 0.3) is 0 Å². The Morgan fingerprint density at radius 2 is 2.14 bits per heavy atom. The number of nitrogens with zero attached hydrogens (tertiary/aromatic N) is 2. The monoisotopic (exact) mass is 437 g/mol. The number of nitrogens with two attached hydrogens (primary N) is 1. The summed E-state index contributed by atoms with van der Waals surface area (Å²) in [6, 6.07) is 7.98. The van der Waals surface area contributed by atoms with Crippen LogP contribution in [0.5, 0.6) is 0 Å². The minimum atomic E-state index is -0.670. The highest BCUT2D eigenvalue weighted by Crippen LogP contribution is 2.39. The van der Waals surface area contributed by atoms with Gasteiger partial charge in [-0.3, -0.25) is 19.6 Å². The second kappa shape index (κ2) is 10.4. The summed E-state index contributed by atoms with van der Waals surface area (Å²) in [5.41, 5.74) is 6.79. The number of aliphatic imine (C=N–C) groups is 1. The van der Waals surface area contributed by atoms with Crippen LogP contribution in [0.3, 0.4) is 0 Å². The molecule has 0 radical (unpaired) electrons. The molecule has 1 aliphatic rings. The second-order valence-corrected chi connectivity index (χ2v) is 7.87. The fourth-order valence-electron chi connectivity index (χ4n) is 3.12. The largest absolute Gasteiger partial charge is 0.483 e. The molecule has 1 aliphatic heterocycles. The standard InChI is InChI=1S/C19H19ClFN3OS.CH2O2/c1-2-19(7-8-26-18(22)24-19)14-9-12(3-5-15(14)21)10-17(25)16-6-4-13(20)11-23-16;2-1-3/h3-6,9,11H,2,7-8,10H2,1H3,(H2,22,24);1H,(H,2,3)/t19-;/m0./s1. The first-order chi connectivity index (χ1) is 13.8. The molecule has 154 valence electrons. The number of aromatic nitrogens is 1. The van der Waals surface area contributed by atoms with Crippen molar-refractivity contribution < 1.29 is 19.1 Å². The van der Waals surface area contributed by atoms with Crippen LogP contribution >= 0.6 is 23.4 Å². The Morgan fingerprint density at radius 1 is 1.41 bits per heavy atom. The Morgan fingerprint density at radius 3 is 2.72 bits per heavy atom. The Labute approximate surface area is 177 Å². The number of ketones is 1. The van der Waals surface area contributed by atoms with Gasteiger partial charge in [-0.1, -0.05) is 36.4 Å². The van der Waals surface area contributed by atoms with Gasteiger partial charge >= 0.3 is 0 Å². The number of rotatable bonds is 5. The van der Waals surface area contributed by atoms with Crippen LogP contribution in [-0.4, -0.2) is 33.3 Å². The van der Waals surface area contributed by atoms with Crippen LogP contribution in [0.4, 0.5) is 4.39 Å². The molecule has 2 heterocycles. The molecule has 0 aliphatic carbocycles. The number of carbonyl (C=O) groups excluding carboxylic acids is 1. The van der Waals surface area contributed by atoms with E-state index in [1.54, 1.807) is 24.3 Å². The lowest BCUT2D eigenvalue weighted by Crippen LogP contribution is -2.32. The quantitative estimate of drug-likeness (QED) is 0.539. The third kappa shape index (κ3) is 5.77. The zero-order chi connectivity index (χ0) is 21.4. The van der Waals surface area contributed by atoms with E-state index in [1.165, 1.54) is 24.0 Å². The lowest BCUT2D eigenvalue weighted by molar-refractivity contribution is -0.122. The van der Waals surface area contributed by atoms with E-state index in [-0.39, 0.29) is 24.5 Å². The molecule has 0 saturated heterocycles. The first-order valence-electron chi connectivity index (χ1n) is 8.85. The Hall–Kier alpha value is -2.45. The molecule has 3 rings (SSSR count). The van der Waals surface area contributed by atoms with Gasteiger partial charge in [0.15, 0.2) is 11.0 Å². The van der Waals surface area contributed by atoms with E-state index in [0.717, 1.165) is 11.3 Å². The van der Waals surface area contributed by atoms with Gasteiger partial charge < -0.3 is 10.8 Å². The molecule has 1 atom stereocenters. The summed E-state index contributed by atoms with van der Waals surface area (Å²) in [4.78, 5) is 29.4. The molecule has 0 fully saturated rings. The van der Waals surface area contributed by atoms with Crippen molar-refractivity contribution in [2.45, 2.75) is 31.7 Å². The summed E-state index contributed by atoms with van der Waals surface area (Å²) < 4.78 is 14.6. The number of halogens is 2. The third-order valence-electron chi connectivity index (χ3n) is 4.58. The van der Waals surface area contributed by atoms with Gasteiger partial charge in [0, 0.05) is 23.9 Å². The molecule has 1 aromatic heterocycles. The number of benzene rings is 1. The van der Waals surface area contributed by atoms with Crippen LogP contribution in [0.2, 0.25) is 5.02 Å². The van der Waals surface area contributed by atoms with E-state index in [0.29, 0.717) is 34.3 Å². The molecule has 2 aromatic rings. The molecule has 3 N–H and O–H groups in total. The molecule has 0 saturated carbocycles. The number of amidine groups is 1. The van der Waals surface area contributed by atoms with Crippen molar-refractivity contribution in [3.63, 3.8) is 0 Å². The number of thioether (sulfide) groups is 1. The van der Waals surface area contributed by atoms with Gasteiger partial charge in [-0.2, -0.15) is 0 Å². The molecule has 0 bridgehead atoms. The van der Waals surface area contributed by atoms with Crippen LogP contribution in [-0.2, 0) is 16.8 Å². The molecule has 29 heavy (non-hydrogen) atoms. The molecule has 1 aromatic carbocycles. The van der Waals surface area contributed by atoms with Crippen molar-refractivity contribution >= 4 is 40.8 Å². The first-order valence-corrected chi connectivity index (χ1v) is 10.2. The van der Waals surface area contributed by atoms with Crippen molar-refractivity contribution in [1.29, 1.82) is 0 Å². The van der Waals surface area contributed by atoms with Gasteiger partial charge in [-0.05, 0) is 42.7 Å². The van der Waals surface area contributed by atoms with Gasteiger partial charge in [0.2, 0.25) is 0 Å². The topological polar surface area (TPSA) is 106 Å². The lowest BCUT2D eigenvalue weighted by Gasteiger charge is -2.33. The molecule has 0 amide bonds. The van der Waals surface area contributed by atoms with E-state index in [1.807, 2.05) is 6.92 Å². The summed E-state index contributed by atoms with van der Waals surface area (Å²) >= 11 is 7.29. The molecule has 6 nitrogen and oxygen atoms in total. The normalized spacial score (nSPS) is 18.2. The number of hydrogen-bond acceptors (Lipinski definition) is 6. The van der Waals surface area contributed by atoms with E-state index < -0.39 is 5.54 Å². The molecule has 0 unspecified atom stereocenters. The van der Waals surface area contributed by atoms with Gasteiger partial charge in [0.05, 0.1) is 10.6 Å². The van der Waals surface area contributed by atoms with E-state index in [9.17, 15) is 9.18 Å². The SMILES string of the molecule is CC[C@@]1(c2cc(CC(=O)c3ccc(Cl)cn3)ccc2F)CCSC(N)=N1.O=CO. The number of pyridine rings is 1. The fraction of sp³-hybridized carbons (Fsp3) is 0.300. The summed E-state index contributed by atoms with van der Waals surface area (Å²) in [7, 11) is 0. The summed E-state index contributed by atoms with van der Waals surface area (Å²) in [5, 5.41) is 7.84. The number of carbonyl (C=O) groups is 2. The third-order valence-corrected chi connectivity index (χ3v) is 5.60. The number of Topliss-reactive ketones (excluding diaryl/α,β-unsaturated/α-hetero) is 1. The number of hydrogen-bond donors (Lipinski definition) is 2. The van der Waals surface area contributed by atoms with Gasteiger partial charge in [0.25, 0.3) is 6.47 Å². The predicted octanol–water partition coefficient (Wildman–Crippen LogP) is 4.06. The van der Waals surface area contributed by atoms with Crippen LogP contribution in [0.15, 0.2) is 41.5 Å². The first kappa shape index (κ1) is 22.8. The van der Waals surface area contributed by atoms with Crippen molar-refractivity contribution in [1.82, 2.24) is 4.98 Å². The van der Waals surface area contributed by atoms with Gasteiger partial charge in [-0.15, -0.1) is 0 Å². The summed E-state index contributed by atoms with van der Waals surface area (Å²) in [5.74, 6) is 0.323. The van der Waals surface area contributed by atoms with Crippen molar-refractivity contribution in [2.75, 3.05) is 5.75 Å². The summed E-state index contributed by atoms with van der Waals surface area (Å²) in [6.45, 7) is 1.72. The zero-order valence-corrected chi connectivity index (χ0v) is 17.3. The zero-order valence-electron chi connectivity index (χ0n) is 15.8. The Balaban J connectivity index is 0.000000941. The van der Waals surface area contributed by atoms with E-state index >= 15 is 0 Å². The lowest BCUT2D eigenvalue weighted by atomic mass is 9.83. The van der Waals surface area contributed by atoms with Crippen molar-refractivity contribution in [3.05, 3.63) is 64.2 Å². The smallest absolute Gasteiger partial charge is 0.290 e. The maximum Gasteiger partial charge on any atom is 0.290 e. The molecular weight excluding hydrogens is 417 g/mol. The predicted molar refractivity (Wildman–Crippen MR) is 113 cm³/mol. The van der Waals surface area contributed by atoms with Crippen LogP contribution in [0.1, 0.15) is 41.4 Å². The average molecular weight is 438 g/mol. The van der Waals surface area contributed by atoms with E-state index in [4.69, 9.17) is 27.2 Å². The van der Waals surface area contributed by atoms with Gasteiger partial charge in [-0.25, -0.2) is 4.39 Å². The maximum absolute atomic E-state index is 14.6. The van der Waals surface area contributed by atoms with Crippen LogP contribution < -0.4 is 5.73 Å². The highest BCUT2D eigenvalue weighted by Gasteiger charge is 2.35. The van der Waals surface area contributed by atoms with Crippen molar-refractivity contribution in [2.24, 2.45) is 10.7 Å². The van der Waals surface area contributed by atoms with E-state index in [2.05, 4.69) is 9.98 Å². The fourth-order valence-corrected chi connectivity index (χ4v) is 4.12. The van der Waals surface area contributed by atoms with Crippen molar-refractivity contribution in [3.8, 4) is 0 Å². The molecular formula is C20H21ClFN3O3S. The minimum Gasteiger partial charge on any atom is -0.483 e. The maximum atomic E-state index is 14.6. The minimum absolute atomic E-state index is 0.135. The highest BCUT2D eigenvalue weighted by atomic mass is 35.5. The molecule has 9 heteroatoms. The second-order valence-electron chi connectivity index (χ2n) is 6.31. The number of carboxylic acid groups (broad SMARTS) is 1. The average Bonchev–Trinajstić information content (AvgIpc) is 2.70. The highest BCUT2D eigenvalue weighted by molar-refractivity contribution is 8.13. The van der Waals surface area contributed by atoms with Crippen LogP contribution in [0, 0.1) is 5.82 Å². The molecule has 0 spiro atoms.